The Hall–Kier alpha value is -2.40. The highest BCUT2D eigenvalue weighted by molar-refractivity contribution is 7.89. The SMILES string of the molecule is O=C1c2ccc(S(=O)(=O)N3CCCCCC3)cc2C(=O)c2cc(S(=O)(=O)N3CCCCCC3)ccc21. The van der Waals surface area contributed by atoms with Gasteiger partial charge in [-0.25, -0.2) is 16.8 Å². The smallest absolute Gasteiger partial charge is 0.243 e. The molecular weight excluding hydrogens is 500 g/mol. The molecule has 0 bridgehead atoms. The average molecular weight is 531 g/mol. The van der Waals surface area contributed by atoms with Crippen LogP contribution < -0.4 is 0 Å². The Bertz CT molecular complexity index is 1310. The van der Waals surface area contributed by atoms with Gasteiger partial charge in [-0.15, -0.1) is 0 Å². The second-order valence-electron chi connectivity index (χ2n) is 9.71. The Morgan fingerprint density at radius 3 is 1.17 bits per heavy atom. The number of nitrogens with zero attached hydrogens (tertiary/aromatic N) is 2. The number of rotatable bonds is 4. The molecule has 1 aliphatic carbocycles. The summed E-state index contributed by atoms with van der Waals surface area (Å²) < 4.78 is 56.1. The minimum absolute atomic E-state index is 0.00674. The zero-order valence-corrected chi connectivity index (χ0v) is 21.7. The molecule has 2 fully saturated rings. The van der Waals surface area contributed by atoms with Gasteiger partial charge in [-0.3, -0.25) is 9.59 Å². The molecule has 0 N–H and O–H groups in total. The highest BCUT2D eigenvalue weighted by Crippen LogP contribution is 2.32. The van der Waals surface area contributed by atoms with Crippen molar-refractivity contribution in [1.82, 2.24) is 8.61 Å². The van der Waals surface area contributed by atoms with Crippen molar-refractivity contribution in [3.8, 4) is 0 Å². The first-order valence-electron chi connectivity index (χ1n) is 12.6. The molecular formula is C26H30N2O6S2. The van der Waals surface area contributed by atoms with Gasteiger partial charge >= 0.3 is 0 Å². The molecule has 2 heterocycles. The van der Waals surface area contributed by atoms with Crippen LogP contribution in [0.2, 0.25) is 0 Å². The van der Waals surface area contributed by atoms with Crippen LogP contribution in [0.1, 0.15) is 83.2 Å². The number of carbonyl (C=O) groups excluding carboxylic acids is 2. The molecule has 2 aromatic carbocycles. The van der Waals surface area contributed by atoms with Crippen molar-refractivity contribution in [1.29, 1.82) is 0 Å². The number of sulfonamides is 2. The number of hydrogen-bond acceptors (Lipinski definition) is 6. The Balaban J connectivity index is 1.52. The molecule has 2 aromatic rings. The Kier molecular flexibility index (Phi) is 6.88. The maximum atomic E-state index is 13.5. The quantitative estimate of drug-likeness (QED) is 0.510. The topological polar surface area (TPSA) is 109 Å². The minimum atomic E-state index is -3.82. The van der Waals surface area contributed by atoms with Crippen LogP contribution in [0.5, 0.6) is 0 Å². The molecule has 36 heavy (non-hydrogen) atoms. The van der Waals surface area contributed by atoms with Crippen molar-refractivity contribution in [3.63, 3.8) is 0 Å². The lowest BCUT2D eigenvalue weighted by Gasteiger charge is -2.23. The zero-order chi connectivity index (χ0) is 25.5. The standard InChI is InChI=1S/C26H30N2O6S2/c29-25-21-11-9-19(35(31,32)27-13-5-1-2-6-14-27)17-23(21)26(30)24-18-20(10-12-22(24)25)36(33,34)28-15-7-3-4-8-16-28/h9-12,17-18H,1-8,13-16H2. The van der Waals surface area contributed by atoms with E-state index in [1.54, 1.807) is 0 Å². The third-order valence-electron chi connectivity index (χ3n) is 7.37. The summed E-state index contributed by atoms with van der Waals surface area (Å²) in [5.41, 5.74) is 0.247. The number of benzene rings is 2. The molecule has 2 saturated heterocycles. The van der Waals surface area contributed by atoms with Crippen LogP contribution in [0.25, 0.3) is 0 Å². The van der Waals surface area contributed by atoms with E-state index in [4.69, 9.17) is 0 Å². The van der Waals surface area contributed by atoms with Gasteiger partial charge in [-0.05, 0) is 62.1 Å². The number of fused-ring (bicyclic) bond motifs is 2. The third kappa shape index (κ3) is 4.44. The highest BCUT2D eigenvalue weighted by atomic mass is 32.2. The lowest BCUT2D eigenvalue weighted by atomic mass is 9.84. The molecule has 10 heteroatoms. The van der Waals surface area contributed by atoms with Gasteiger partial charge < -0.3 is 0 Å². The number of carbonyl (C=O) groups is 2. The van der Waals surface area contributed by atoms with E-state index in [0.29, 0.717) is 26.2 Å². The van der Waals surface area contributed by atoms with E-state index in [1.165, 1.54) is 45.0 Å². The van der Waals surface area contributed by atoms with Crippen LogP contribution >= 0.6 is 0 Å². The lowest BCUT2D eigenvalue weighted by molar-refractivity contribution is 0.0978. The summed E-state index contributed by atoms with van der Waals surface area (Å²) in [4.78, 5) is 26.6. The molecule has 0 aromatic heterocycles. The second-order valence-corrected chi connectivity index (χ2v) is 13.6. The monoisotopic (exact) mass is 530 g/mol. The predicted molar refractivity (Wildman–Crippen MR) is 134 cm³/mol. The summed E-state index contributed by atoms with van der Waals surface area (Å²) in [6, 6.07) is 8.10. The molecule has 0 atom stereocenters. The molecule has 0 spiro atoms. The van der Waals surface area contributed by atoms with Crippen LogP contribution in [0.15, 0.2) is 46.2 Å². The van der Waals surface area contributed by atoms with Crippen LogP contribution in [-0.4, -0.2) is 63.2 Å². The Morgan fingerprint density at radius 1 is 0.472 bits per heavy atom. The third-order valence-corrected chi connectivity index (χ3v) is 11.2. The molecule has 3 aliphatic rings. The first-order chi connectivity index (χ1) is 17.2. The maximum Gasteiger partial charge on any atom is 0.243 e. The number of ketones is 2. The van der Waals surface area contributed by atoms with Crippen LogP contribution in [0, 0.1) is 0 Å². The normalized spacial score (nSPS) is 20.3. The van der Waals surface area contributed by atoms with E-state index in [1.807, 2.05) is 0 Å². The van der Waals surface area contributed by atoms with Gasteiger partial charge in [-0.1, -0.05) is 25.7 Å². The summed E-state index contributed by atoms with van der Waals surface area (Å²) in [7, 11) is -7.64. The van der Waals surface area contributed by atoms with E-state index >= 15 is 0 Å². The van der Waals surface area contributed by atoms with Crippen molar-refractivity contribution in [2.75, 3.05) is 26.2 Å². The summed E-state index contributed by atoms with van der Waals surface area (Å²) in [6.45, 7) is 1.69. The van der Waals surface area contributed by atoms with E-state index in [0.717, 1.165) is 51.4 Å². The molecule has 2 aliphatic heterocycles. The van der Waals surface area contributed by atoms with E-state index in [9.17, 15) is 26.4 Å². The Morgan fingerprint density at radius 2 is 0.806 bits per heavy atom. The van der Waals surface area contributed by atoms with Crippen LogP contribution in [0.3, 0.4) is 0 Å². The molecule has 5 rings (SSSR count). The largest absolute Gasteiger partial charge is 0.289 e. The van der Waals surface area contributed by atoms with Gasteiger partial charge in [-0.2, -0.15) is 8.61 Å². The summed E-state index contributed by atoms with van der Waals surface area (Å²) in [6.07, 6.45) is 7.02. The summed E-state index contributed by atoms with van der Waals surface area (Å²) >= 11 is 0. The lowest BCUT2D eigenvalue weighted by Crippen LogP contribution is -2.33. The molecule has 0 radical (unpaired) electrons. The summed E-state index contributed by atoms with van der Waals surface area (Å²) in [5, 5.41) is 0. The molecule has 0 amide bonds. The minimum Gasteiger partial charge on any atom is -0.289 e. The van der Waals surface area contributed by atoms with Gasteiger partial charge in [0.15, 0.2) is 11.6 Å². The first-order valence-corrected chi connectivity index (χ1v) is 15.5. The Labute approximate surface area is 212 Å². The van der Waals surface area contributed by atoms with Crippen molar-refractivity contribution >= 4 is 31.6 Å². The van der Waals surface area contributed by atoms with Crippen molar-refractivity contribution in [2.45, 2.75) is 61.2 Å². The first kappa shape index (κ1) is 25.3. The summed E-state index contributed by atoms with van der Waals surface area (Å²) in [5.74, 6) is -0.961. The second kappa shape index (κ2) is 9.81. The van der Waals surface area contributed by atoms with Crippen LogP contribution in [-0.2, 0) is 20.0 Å². The van der Waals surface area contributed by atoms with Gasteiger partial charge in [0, 0.05) is 48.4 Å². The van der Waals surface area contributed by atoms with Gasteiger partial charge in [0.2, 0.25) is 20.0 Å². The highest BCUT2D eigenvalue weighted by Gasteiger charge is 2.35. The molecule has 0 unspecified atom stereocenters. The average Bonchev–Trinajstić information content (AvgIpc) is 3.33. The molecule has 192 valence electrons. The van der Waals surface area contributed by atoms with Crippen molar-refractivity contribution in [2.24, 2.45) is 0 Å². The van der Waals surface area contributed by atoms with Gasteiger partial charge in [0.05, 0.1) is 9.79 Å². The number of hydrogen-bond donors (Lipinski definition) is 0. The van der Waals surface area contributed by atoms with Gasteiger partial charge in [0.1, 0.15) is 0 Å². The van der Waals surface area contributed by atoms with Crippen molar-refractivity contribution in [3.05, 3.63) is 58.7 Å². The predicted octanol–water partition coefficient (Wildman–Crippen LogP) is 3.59. The van der Waals surface area contributed by atoms with E-state index in [-0.39, 0.29) is 32.0 Å². The van der Waals surface area contributed by atoms with Crippen LogP contribution in [0.4, 0.5) is 0 Å². The molecule has 0 saturated carbocycles. The fourth-order valence-corrected chi connectivity index (χ4v) is 8.38. The van der Waals surface area contributed by atoms with E-state index in [2.05, 4.69) is 0 Å². The maximum absolute atomic E-state index is 13.5. The fourth-order valence-electron chi connectivity index (χ4n) is 5.29. The molecule has 8 nitrogen and oxygen atoms in total. The van der Waals surface area contributed by atoms with Crippen molar-refractivity contribution < 1.29 is 26.4 Å². The van der Waals surface area contributed by atoms with E-state index < -0.39 is 31.6 Å². The zero-order valence-electron chi connectivity index (χ0n) is 20.1. The fraction of sp³-hybridized carbons (Fsp3) is 0.462. The van der Waals surface area contributed by atoms with Gasteiger partial charge in [0.25, 0.3) is 0 Å².